The van der Waals surface area contributed by atoms with Crippen molar-refractivity contribution in [3.05, 3.63) is 58.1 Å². The Morgan fingerprint density at radius 1 is 1.12 bits per heavy atom. The molecule has 0 amide bonds. The van der Waals surface area contributed by atoms with Gasteiger partial charge in [0.05, 0.1) is 5.56 Å². The number of halogens is 1. The van der Waals surface area contributed by atoms with Crippen molar-refractivity contribution in [1.29, 1.82) is 0 Å². The Morgan fingerprint density at radius 3 is 2.42 bits per heavy atom. The summed E-state index contributed by atoms with van der Waals surface area (Å²) in [4.78, 5) is 25.3. The van der Waals surface area contributed by atoms with Gasteiger partial charge in [0.2, 0.25) is 0 Å². The van der Waals surface area contributed by atoms with Gasteiger partial charge in [-0.2, -0.15) is 0 Å². The van der Waals surface area contributed by atoms with E-state index >= 15 is 0 Å². The molecule has 1 heterocycles. The number of esters is 1. The highest BCUT2D eigenvalue weighted by atomic mass is 35.5. The van der Waals surface area contributed by atoms with Gasteiger partial charge in [-0.05, 0) is 42.2 Å². The number of ether oxygens (including phenoxy) is 1. The van der Waals surface area contributed by atoms with Gasteiger partial charge >= 0.3 is 5.97 Å². The van der Waals surface area contributed by atoms with Gasteiger partial charge in [-0.25, -0.2) is 0 Å². The van der Waals surface area contributed by atoms with Gasteiger partial charge in [0, 0.05) is 10.6 Å². The maximum absolute atomic E-state index is 12.8. The zero-order chi connectivity index (χ0) is 17.4. The molecule has 2 aromatic rings. The molecule has 0 bridgehead atoms. The zero-order valence-electron chi connectivity index (χ0n) is 13.4. The number of hydrogen-bond acceptors (Lipinski definition) is 4. The van der Waals surface area contributed by atoms with Crippen molar-refractivity contribution in [2.45, 2.75) is 26.2 Å². The van der Waals surface area contributed by atoms with Crippen molar-refractivity contribution in [1.82, 2.24) is 0 Å². The Bertz CT molecular complexity index is 809. The molecule has 2 aromatic carbocycles. The number of rotatable bonds is 3. The average molecular weight is 345 g/mol. The summed E-state index contributed by atoms with van der Waals surface area (Å²) in [7, 11) is 0. The Morgan fingerprint density at radius 2 is 1.79 bits per heavy atom. The maximum Gasteiger partial charge on any atom is 0.326 e. The molecule has 1 N–H and O–H groups in total. The highest BCUT2D eigenvalue weighted by Gasteiger charge is 2.39. The van der Waals surface area contributed by atoms with Gasteiger partial charge in [-0.1, -0.05) is 37.6 Å². The summed E-state index contributed by atoms with van der Waals surface area (Å²) in [5.74, 6) is -1.51. The van der Waals surface area contributed by atoms with E-state index in [1.807, 2.05) is 13.8 Å². The van der Waals surface area contributed by atoms with Gasteiger partial charge in [-0.3, -0.25) is 9.59 Å². The van der Waals surface area contributed by atoms with Gasteiger partial charge in [0.25, 0.3) is 0 Å². The molecular formula is C19H17ClO4. The summed E-state index contributed by atoms with van der Waals surface area (Å²) in [5.41, 5.74) is 1.36. The second-order valence-corrected chi connectivity index (χ2v) is 6.74. The van der Waals surface area contributed by atoms with Crippen LogP contribution in [0.4, 0.5) is 0 Å². The Balaban J connectivity index is 2.07. The van der Waals surface area contributed by atoms with Gasteiger partial charge in [0.15, 0.2) is 5.78 Å². The van der Waals surface area contributed by atoms with Crippen molar-refractivity contribution in [3.8, 4) is 11.5 Å². The number of phenols is 1. The first-order chi connectivity index (χ1) is 11.4. The lowest BCUT2D eigenvalue weighted by Crippen LogP contribution is -2.32. The van der Waals surface area contributed by atoms with E-state index in [2.05, 4.69) is 0 Å². The summed E-state index contributed by atoms with van der Waals surface area (Å²) < 4.78 is 5.46. The van der Waals surface area contributed by atoms with Gasteiger partial charge in [-0.15, -0.1) is 0 Å². The highest BCUT2D eigenvalue weighted by molar-refractivity contribution is 6.30. The van der Waals surface area contributed by atoms with E-state index in [-0.39, 0.29) is 23.2 Å². The van der Waals surface area contributed by atoms with Crippen LogP contribution in [0.15, 0.2) is 36.4 Å². The van der Waals surface area contributed by atoms with Crippen molar-refractivity contribution >= 4 is 23.4 Å². The quantitative estimate of drug-likeness (QED) is 0.516. The van der Waals surface area contributed by atoms with E-state index in [4.69, 9.17) is 16.3 Å². The van der Waals surface area contributed by atoms with Crippen LogP contribution in [-0.2, 0) is 11.2 Å². The largest absolute Gasteiger partial charge is 0.508 e. The number of Topliss-reactive ketones (excluding diaryl/α,β-unsaturated/α-hetero) is 1. The second-order valence-electron chi connectivity index (χ2n) is 6.31. The van der Waals surface area contributed by atoms with E-state index in [0.717, 1.165) is 0 Å². The van der Waals surface area contributed by atoms with E-state index < -0.39 is 11.9 Å². The molecule has 1 atom stereocenters. The number of benzene rings is 2. The van der Waals surface area contributed by atoms with Gasteiger partial charge in [0.1, 0.15) is 17.4 Å². The van der Waals surface area contributed by atoms with Crippen molar-refractivity contribution in [3.63, 3.8) is 0 Å². The van der Waals surface area contributed by atoms with Crippen LogP contribution in [0.3, 0.4) is 0 Å². The van der Waals surface area contributed by atoms with Crippen LogP contribution in [0.25, 0.3) is 0 Å². The number of fused-ring (bicyclic) bond motifs is 1. The minimum atomic E-state index is -1.01. The van der Waals surface area contributed by atoms with Crippen LogP contribution >= 0.6 is 11.6 Å². The Labute approximate surface area is 145 Å². The van der Waals surface area contributed by atoms with E-state index in [1.165, 1.54) is 12.1 Å². The Hall–Kier alpha value is -2.33. The third kappa shape index (κ3) is 2.89. The molecule has 3 rings (SSSR count). The first kappa shape index (κ1) is 16.5. The lowest BCUT2D eigenvalue weighted by atomic mass is 9.86. The normalized spacial score (nSPS) is 16.9. The lowest BCUT2D eigenvalue weighted by molar-refractivity contribution is -0.135. The molecule has 0 aromatic heterocycles. The zero-order valence-corrected chi connectivity index (χ0v) is 14.1. The molecule has 124 valence electrons. The molecule has 1 unspecified atom stereocenters. The fourth-order valence-electron chi connectivity index (χ4n) is 2.90. The number of phenolic OH excluding ortho intramolecular Hbond substituents is 1. The third-order valence-corrected chi connectivity index (χ3v) is 4.27. The summed E-state index contributed by atoms with van der Waals surface area (Å²) in [5, 5.41) is 10.6. The van der Waals surface area contributed by atoms with Crippen LogP contribution in [0.5, 0.6) is 11.5 Å². The number of carbonyl (C=O) groups excluding carboxylic acids is 2. The minimum Gasteiger partial charge on any atom is -0.508 e. The molecular weight excluding hydrogens is 328 g/mol. The smallest absolute Gasteiger partial charge is 0.326 e. The first-order valence-electron chi connectivity index (χ1n) is 7.74. The molecule has 0 saturated heterocycles. The molecule has 1 aliphatic heterocycles. The summed E-state index contributed by atoms with van der Waals surface area (Å²) >= 11 is 5.86. The predicted octanol–water partition coefficient (Wildman–Crippen LogP) is 4.13. The molecule has 0 spiro atoms. The second kappa shape index (κ2) is 6.29. The van der Waals surface area contributed by atoms with Crippen LogP contribution in [0.1, 0.15) is 41.3 Å². The molecule has 0 radical (unpaired) electrons. The Kier molecular flexibility index (Phi) is 4.33. The highest BCUT2D eigenvalue weighted by Crippen LogP contribution is 2.40. The SMILES string of the molecule is CC(C)Cc1c(O)ccc2c1OC(=O)C(c1ccc(Cl)cc1)C2=O. The fourth-order valence-corrected chi connectivity index (χ4v) is 3.02. The molecule has 5 heteroatoms. The molecule has 1 aliphatic rings. The van der Waals surface area contributed by atoms with Crippen molar-refractivity contribution in [2.75, 3.05) is 0 Å². The van der Waals surface area contributed by atoms with Crippen LogP contribution < -0.4 is 4.74 Å². The third-order valence-electron chi connectivity index (χ3n) is 4.02. The number of aromatic hydroxyl groups is 1. The first-order valence-corrected chi connectivity index (χ1v) is 8.12. The fraction of sp³-hybridized carbons (Fsp3) is 0.263. The topological polar surface area (TPSA) is 63.6 Å². The molecule has 0 aliphatic carbocycles. The predicted molar refractivity (Wildman–Crippen MR) is 90.8 cm³/mol. The van der Waals surface area contributed by atoms with E-state index in [1.54, 1.807) is 24.3 Å². The summed E-state index contributed by atoms with van der Waals surface area (Å²) in [6.07, 6.45) is 0.515. The molecule has 0 fully saturated rings. The minimum absolute atomic E-state index is 0.0352. The summed E-state index contributed by atoms with van der Waals surface area (Å²) in [6, 6.07) is 9.54. The standard InChI is InChI=1S/C19H17ClO4/c1-10(2)9-14-15(21)8-7-13-17(22)16(19(23)24-18(13)14)11-3-5-12(20)6-4-11/h3-8,10,16,21H,9H2,1-2H3. The van der Waals surface area contributed by atoms with Crippen LogP contribution in [0.2, 0.25) is 5.02 Å². The monoisotopic (exact) mass is 344 g/mol. The van der Waals surface area contributed by atoms with Crippen LogP contribution in [-0.4, -0.2) is 16.9 Å². The van der Waals surface area contributed by atoms with E-state index in [9.17, 15) is 14.7 Å². The van der Waals surface area contributed by atoms with Crippen LogP contribution in [0, 0.1) is 5.92 Å². The number of hydrogen-bond donors (Lipinski definition) is 1. The average Bonchev–Trinajstić information content (AvgIpc) is 2.52. The molecule has 4 nitrogen and oxygen atoms in total. The molecule has 24 heavy (non-hydrogen) atoms. The van der Waals surface area contributed by atoms with Crippen molar-refractivity contribution < 1.29 is 19.4 Å². The maximum atomic E-state index is 12.8. The summed E-state index contributed by atoms with van der Waals surface area (Å²) in [6.45, 7) is 3.98. The van der Waals surface area contributed by atoms with Gasteiger partial charge < -0.3 is 9.84 Å². The molecule has 0 saturated carbocycles. The number of ketones is 1. The van der Waals surface area contributed by atoms with Crippen molar-refractivity contribution in [2.24, 2.45) is 5.92 Å². The van der Waals surface area contributed by atoms with E-state index in [0.29, 0.717) is 28.1 Å². The number of carbonyl (C=O) groups is 2. The lowest BCUT2D eigenvalue weighted by Gasteiger charge is -2.25.